The van der Waals surface area contributed by atoms with Crippen molar-refractivity contribution in [3.8, 4) is 5.75 Å². The molecule has 1 aromatic carbocycles. The van der Waals surface area contributed by atoms with Crippen LogP contribution in [-0.2, 0) is 6.42 Å². The minimum Gasteiger partial charge on any atom is -0.492 e. The monoisotopic (exact) mass is 239 g/mol. The van der Waals surface area contributed by atoms with Crippen molar-refractivity contribution in [3.63, 3.8) is 0 Å². The molecule has 1 aliphatic heterocycles. The lowest BCUT2D eigenvalue weighted by atomic mass is 9.90. The van der Waals surface area contributed by atoms with Crippen molar-refractivity contribution in [1.29, 1.82) is 0 Å². The molecule has 2 nitrogen and oxygen atoms in total. The van der Waals surface area contributed by atoms with Crippen molar-refractivity contribution in [1.82, 2.24) is 0 Å². The van der Waals surface area contributed by atoms with Gasteiger partial charge in [-0.05, 0) is 55.0 Å². The van der Waals surface area contributed by atoms with Gasteiger partial charge in [0.25, 0.3) is 0 Å². The SMILES string of the molecule is Cc1c(C(C)CN)cc(Cl)c2c1CCCO2. The van der Waals surface area contributed by atoms with Gasteiger partial charge >= 0.3 is 0 Å². The maximum atomic E-state index is 6.25. The molecule has 0 aromatic heterocycles. The summed E-state index contributed by atoms with van der Waals surface area (Å²) in [6.07, 6.45) is 2.14. The Kier molecular flexibility index (Phi) is 3.41. The number of nitrogens with two attached hydrogens (primary N) is 1. The molecule has 2 rings (SSSR count). The van der Waals surface area contributed by atoms with Crippen LogP contribution in [0.1, 0.15) is 36.0 Å². The normalized spacial score (nSPS) is 16.5. The Hall–Kier alpha value is -0.730. The van der Waals surface area contributed by atoms with E-state index < -0.39 is 0 Å². The fourth-order valence-electron chi connectivity index (χ4n) is 2.32. The van der Waals surface area contributed by atoms with Crippen LogP contribution in [0, 0.1) is 6.92 Å². The van der Waals surface area contributed by atoms with Gasteiger partial charge in [0.1, 0.15) is 5.75 Å². The lowest BCUT2D eigenvalue weighted by Gasteiger charge is -2.24. The Morgan fingerprint density at radius 3 is 3.00 bits per heavy atom. The third-order valence-electron chi connectivity index (χ3n) is 3.36. The van der Waals surface area contributed by atoms with Crippen molar-refractivity contribution < 1.29 is 4.74 Å². The topological polar surface area (TPSA) is 35.2 Å². The van der Waals surface area contributed by atoms with Gasteiger partial charge in [0.15, 0.2) is 0 Å². The van der Waals surface area contributed by atoms with Crippen molar-refractivity contribution in [2.24, 2.45) is 5.73 Å². The molecule has 1 aliphatic rings. The Bertz CT molecular complexity index is 403. The van der Waals surface area contributed by atoms with E-state index in [4.69, 9.17) is 22.1 Å². The summed E-state index contributed by atoms with van der Waals surface area (Å²) in [5.41, 5.74) is 9.56. The maximum Gasteiger partial charge on any atom is 0.141 e. The first kappa shape index (κ1) is 11.7. The zero-order valence-electron chi connectivity index (χ0n) is 9.85. The van der Waals surface area contributed by atoms with Gasteiger partial charge in [-0.25, -0.2) is 0 Å². The quantitative estimate of drug-likeness (QED) is 0.861. The molecule has 1 atom stereocenters. The van der Waals surface area contributed by atoms with E-state index in [2.05, 4.69) is 13.8 Å². The van der Waals surface area contributed by atoms with Crippen LogP contribution in [0.15, 0.2) is 6.07 Å². The fourth-order valence-corrected chi connectivity index (χ4v) is 2.60. The van der Waals surface area contributed by atoms with Crippen molar-refractivity contribution >= 4 is 11.6 Å². The molecule has 0 aliphatic carbocycles. The highest BCUT2D eigenvalue weighted by Gasteiger charge is 2.20. The second kappa shape index (κ2) is 4.64. The first-order valence-corrected chi connectivity index (χ1v) is 6.17. The minimum atomic E-state index is 0.352. The Balaban J connectivity index is 2.53. The molecule has 1 aromatic rings. The molecule has 1 heterocycles. The van der Waals surface area contributed by atoms with Crippen LogP contribution >= 0.6 is 11.6 Å². The molecule has 88 valence electrons. The molecule has 2 N–H and O–H groups in total. The number of halogens is 1. The Labute approximate surface area is 102 Å². The van der Waals surface area contributed by atoms with Crippen molar-refractivity contribution in [2.75, 3.05) is 13.2 Å². The first-order valence-electron chi connectivity index (χ1n) is 5.80. The second-order valence-electron chi connectivity index (χ2n) is 4.47. The third kappa shape index (κ3) is 1.92. The molecular weight excluding hydrogens is 222 g/mol. The average molecular weight is 240 g/mol. The Morgan fingerprint density at radius 2 is 2.31 bits per heavy atom. The fraction of sp³-hybridized carbons (Fsp3) is 0.538. The van der Waals surface area contributed by atoms with E-state index >= 15 is 0 Å². The minimum absolute atomic E-state index is 0.352. The summed E-state index contributed by atoms with van der Waals surface area (Å²) >= 11 is 6.25. The van der Waals surface area contributed by atoms with Gasteiger partial charge in [-0.2, -0.15) is 0 Å². The summed E-state index contributed by atoms with van der Waals surface area (Å²) in [6.45, 7) is 5.70. The largest absolute Gasteiger partial charge is 0.492 e. The summed E-state index contributed by atoms with van der Waals surface area (Å²) in [5.74, 6) is 1.24. The molecule has 0 amide bonds. The second-order valence-corrected chi connectivity index (χ2v) is 4.88. The van der Waals surface area contributed by atoms with E-state index in [0.717, 1.165) is 30.2 Å². The van der Waals surface area contributed by atoms with Crippen LogP contribution in [0.3, 0.4) is 0 Å². The third-order valence-corrected chi connectivity index (χ3v) is 3.64. The van der Waals surface area contributed by atoms with Crippen LogP contribution in [0.5, 0.6) is 5.75 Å². The van der Waals surface area contributed by atoms with Gasteiger partial charge in [0, 0.05) is 0 Å². The summed E-state index contributed by atoms with van der Waals surface area (Å²) in [6, 6.07) is 2.01. The summed E-state index contributed by atoms with van der Waals surface area (Å²) < 4.78 is 5.64. The van der Waals surface area contributed by atoms with Crippen LogP contribution < -0.4 is 10.5 Å². The standard InChI is InChI=1S/C13H18ClNO/c1-8(7-15)11-6-12(14)13-10(9(11)2)4-3-5-16-13/h6,8H,3-5,7,15H2,1-2H3. The van der Waals surface area contributed by atoms with Gasteiger partial charge in [-0.3, -0.25) is 0 Å². The molecule has 0 spiro atoms. The van der Waals surface area contributed by atoms with Crippen LogP contribution in [0.4, 0.5) is 0 Å². The predicted molar refractivity (Wildman–Crippen MR) is 67.5 cm³/mol. The maximum absolute atomic E-state index is 6.25. The number of fused-ring (bicyclic) bond motifs is 1. The number of ether oxygens (including phenoxy) is 1. The summed E-state index contributed by atoms with van der Waals surface area (Å²) in [4.78, 5) is 0. The first-order chi connectivity index (χ1) is 7.65. The Morgan fingerprint density at radius 1 is 1.56 bits per heavy atom. The molecule has 0 saturated heterocycles. The van der Waals surface area contributed by atoms with Crippen molar-refractivity contribution in [3.05, 3.63) is 27.8 Å². The molecule has 0 bridgehead atoms. The summed E-state index contributed by atoms with van der Waals surface area (Å²) in [5, 5.41) is 0.732. The number of rotatable bonds is 2. The van der Waals surface area contributed by atoms with Crippen LogP contribution in [0.2, 0.25) is 5.02 Å². The van der Waals surface area contributed by atoms with Gasteiger partial charge < -0.3 is 10.5 Å². The van der Waals surface area contributed by atoms with Crippen molar-refractivity contribution in [2.45, 2.75) is 32.6 Å². The molecule has 1 unspecified atom stereocenters. The van der Waals surface area contributed by atoms with E-state index in [-0.39, 0.29) is 0 Å². The van der Waals surface area contributed by atoms with Crippen LogP contribution in [-0.4, -0.2) is 13.2 Å². The van der Waals surface area contributed by atoms with Gasteiger partial charge in [-0.15, -0.1) is 0 Å². The zero-order chi connectivity index (χ0) is 11.7. The lowest BCUT2D eigenvalue weighted by molar-refractivity contribution is 0.288. The smallest absolute Gasteiger partial charge is 0.141 e. The van der Waals surface area contributed by atoms with Gasteiger partial charge in [0.2, 0.25) is 0 Å². The summed E-state index contributed by atoms with van der Waals surface area (Å²) in [7, 11) is 0. The molecule has 16 heavy (non-hydrogen) atoms. The van der Waals surface area contributed by atoms with Crippen LogP contribution in [0.25, 0.3) is 0 Å². The average Bonchev–Trinajstić information content (AvgIpc) is 2.33. The van der Waals surface area contributed by atoms with E-state index in [1.54, 1.807) is 0 Å². The van der Waals surface area contributed by atoms with E-state index in [9.17, 15) is 0 Å². The number of hydrogen-bond acceptors (Lipinski definition) is 2. The highest BCUT2D eigenvalue weighted by molar-refractivity contribution is 6.32. The highest BCUT2D eigenvalue weighted by atomic mass is 35.5. The molecule has 0 saturated carbocycles. The van der Waals surface area contributed by atoms with Gasteiger partial charge in [-0.1, -0.05) is 18.5 Å². The molecule has 0 fully saturated rings. The van der Waals surface area contributed by atoms with E-state index in [0.29, 0.717) is 12.5 Å². The van der Waals surface area contributed by atoms with E-state index in [1.807, 2.05) is 6.07 Å². The molecule has 3 heteroatoms. The number of hydrogen-bond donors (Lipinski definition) is 1. The van der Waals surface area contributed by atoms with E-state index in [1.165, 1.54) is 16.7 Å². The number of benzene rings is 1. The molecule has 0 radical (unpaired) electrons. The molecular formula is C13H18ClNO. The zero-order valence-corrected chi connectivity index (χ0v) is 10.6. The predicted octanol–water partition coefficient (Wildman–Crippen LogP) is 3.04. The lowest BCUT2D eigenvalue weighted by Crippen LogP contribution is -2.15. The van der Waals surface area contributed by atoms with Gasteiger partial charge in [0.05, 0.1) is 11.6 Å². The highest BCUT2D eigenvalue weighted by Crippen LogP contribution is 2.38.